The summed E-state index contributed by atoms with van der Waals surface area (Å²) >= 11 is -4.46. The van der Waals surface area contributed by atoms with Crippen molar-refractivity contribution in [2.75, 3.05) is 0 Å². The van der Waals surface area contributed by atoms with E-state index in [4.69, 9.17) is 3.07 Å². The molecule has 0 aliphatic rings. The van der Waals surface area contributed by atoms with Gasteiger partial charge in [-0.3, -0.25) is 0 Å². The molecule has 0 aliphatic heterocycles. The molecule has 0 fully saturated rings. The molecule has 0 unspecified atom stereocenters. The predicted octanol–water partition coefficient (Wildman–Crippen LogP) is 5.95. The van der Waals surface area contributed by atoms with E-state index in [1.54, 1.807) is 54.6 Å². The number of hydrogen-bond donors (Lipinski definition) is 0. The quantitative estimate of drug-likeness (QED) is 0.247. The van der Waals surface area contributed by atoms with E-state index < -0.39 is 42.2 Å². The zero-order valence-electron chi connectivity index (χ0n) is 18.3. The molecule has 4 rings (SSSR count). The second-order valence-electron chi connectivity index (χ2n) is 8.11. The molecule has 0 spiro atoms. The number of hydrogen-bond acceptors (Lipinski definition) is 3. The van der Waals surface area contributed by atoms with E-state index in [1.165, 1.54) is 42.7 Å². The van der Waals surface area contributed by atoms with Crippen LogP contribution < -0.4 is 0 Å². The molecule has 1 aromatic heterocycles. The van der Waals surface area contributed by atoms with Gasteiger partial charge >= 0.3 is 201 Å². The first-order valence-corrected chi connectivity index (χ1v) is 18.0. The Hall–Kier alpha value is -3.13. The van der Waals surface area contributed by atoms with Gasteiger partial charge in [0.1, 0.15) is 0 Å². The maximum atomic E-state index is 14.8. The summed E-state index contributed by atoms with van der Waals surface area (Å²) < 4.78 is 50.9. The molecule has 0 bridgehead atoms. The summed E-state index contributed by atoms with van der Waals surface area (Å²) in [4.78, 5) is 17.1. The van der Waals surface area contributed by atoms with Gasteiger partial charge in [-0.05, 0) is 0 Å². The molecule has 34 heavy (non-hydrogen) atoms. The summed E-state index contributed by atoms with van der Waals surface area (Å²) in [6.45, 7) is 0. The molecular formula is C27H22F3NO2Sn. The van der Waals surface area contributed by atoms with Crippen molar-refractivity contribution in [3.05, 3.63) is 137 Å². The Kier molecular flexibility index (Phi) is 7.67. The summed E-state index contributed by atoms with van der Waals surface area (Å²) in [5.74, 6) is -1.91. The second-order valence-corrected chi connectivity index (χ2v) is 18.5. The summed E-state index contributed by atoms with van der Waals surface area (Å²) in [5, 5.41) is 0. The average molecular weight is 568 g/mol. The molecule has 0 saturated carbocycles. The van der Waals surface area contributed by atoms with Gasteiger partial charge in [0.15, 0.2) is 0 Å². The molecule has 3 nitrogen and oxygen atoms in total. The van der Waals surface area contributed by atoms with E-state index in [2.05, 4.69) is 4.98 Å². The van der Waals surface area contributed by atoms with Crippen LogP contribution in [0, 0.1) is 17.5 Å². The molecule has 1 heterocycles. The van der Waals surface area contributed by atoms with E-state index in [1.807, 2.05) is 0 Å². The normalized spacial score (nSPS) is 11.3. The van der Waals surface area contributed by atoms with Crippen LogP contribution in [-0.4, -0.2) is 29.7 Å². The van der Waals surface area contributed by atoms with Crippen LogP contribution in [0.3, 0.4) is 0 Å². The number of benzene rings is 3. The third-order valence-corrected chi connectivity index (χ3v) is 16.2. The predicted molar refractivity (Wildman–Crippen MR) is 126 cm³/mol. The van der Waals surface area contributed by atoms with E-state index in [9.17, 15) is 18.0 Å². The third-order valence-electron chi connectivity index (χ3n) is 5.64. The number of carbonyl (C=O) groups is 1. The topological polar surface area (TPSA) is 39.2 Å². The zero-order valence-corrected chi connectivity index (χ0v) is 21.1. The maximum absolute atomic E-state index is 14.8. The molecule has 0 N–H and O–H groups in total. The van der Waals surface area contributed by atoms with Crippen LogP contribution in [0.1, 0.15) is 27.0 Å². The number of carbonyl (C=O) groups excluding carboxylic acids is 1. The van der Waals surface area contributed by atoms with Crippen molar-refractivity contribution < 1.29 is 21.0 Å². The Morgan fingerprint density at radius 3 is 1.41 bits per heavy atom. The number of nitrogens with zero attached hydrogens (tertiary/aromatic N) is 1. The van der Waals surface area contributed by atoms with Gasteiger partial charge in [0.25, 0.3) is 0 Å². The Labute approximate surface area is 200 Å². The summed E-state index contributed by atoms with van der Waals surface area (Å²) in [7, 11) is 0. The number of pyridine rings is 1. The van der Waals surface area contributed by atoms with Gasteiger partial charge in [0.2, 0.25) is 0 Å². The molecule has 0 saturated heterocycles. The Bertz CT molecular complexity index is 1170. The molecular weight excluding hydrogens is 546 g/mol. The molecule has 0 radical (unpaired) electrons. The SMILES string of the molecule is O=C([O][Sn]([CH2]c1ccccc1F)([CH2]c1ccccc1F)[CH2]c1ccccc1F)c1ccncc1. The van der Waals surface area contributed by atoms with Gasteiger partial charge in [0, 0.05) is 0 Å². The van der Waals surface area contributed by atoms with Crippen molar-refractivity contribution in [2.24, 2.45) is 0 Å². The standard InChI is InChI=1S/3C7H6F.C6H5NO2.Sn/c3*1-6-4-2-3-5-7(6)8;8-6(9)5-1-3-7-4-2-5;/h3*2-5H,1H2;1-4H,(H,8,9);/q;;;;+1/p-1. The monoisotopic (exact) mass is 569 g/mol. The van der Waals surface area contributed by atoms with Gasteiger partial charge in [-0.2, -0.15) is 0 Å². The average Bonchev–Trinajstić information content (AvgIpc) is 2.84. The van der Waals surface area contributed by atoms with Gasteiger partial charge in [0.05, 0.1) is 0 Å². The minimum absolute atomic E-state index is 0.126. The van der Waals surface area contributed by atoms with E-state index in [-0.39, 0.29) is 18.9 Å². The summed E-state index contributed by atoms with van der Waals surface area (Å²) in [6.07, 6.45) is 2.94. The zero-order chi connectivity index (χ0) is 24.0. The first-order valence-electron chi connectivity index (χ1n) is 10.8. The summed E-state index contributed by atoms with van der Waals surface area (Å²) in [5.41, 5.74) is 1.39. The molecule has 0 atom stereocenters. The fourth-order valence-corrected chi connectivity index (χ4v) is 15.6. The van der Waals surface area contributed by atoms with Crippen molar-refractivity contribution >= 4 is 24.8 Å². The van der Waals surface area contributed by atoms with Gasteiger partial charge in [-0.1, -0.05) is 0 Å². The molecule has 3 aromatic carbocycles. The molecule has 4 aromatic rings. The van der Waals surface area contributed by atoms with Crippen LogP contribution in [0.4, 0.5) is 13.2 Å². The third kappa shape index (κ3) is 5.86. The fourth-order valence-electron chi connectivity index (χ4n) is 4.01. The Morgan fingerprint density at radius 1 is 0.647 bits per heavy atom. The van der Waals surface area contributed by atoms with Crippen LogP contribution in [0.25, 0.3) is 0 Å². The van der Waals surface area contributed by atoms with Crippen LogP contribution in [-0.2, 0) is 16.4 Å². The first kappa shape index (κ1) is 24.0. The van der Waals surface area contributed by atoms with E-state index in [0.29, 0.717) is 16.7 Å². The van der Waals surface area contributed by atoms with Gasteiger partial charge in [-0.25, -0.2) is 0 Å². The van der Waals surface area contributed by atoms with Crippen LogP contribution in [0.5, 0.6) is 0 Å². The van der Waals surface area contributed by atoms with Crippen LogP contribution in [0.2, 0.25) is 0 Å². The molecule has 7 heteroatoms. The number of halogens is 3. The van der Waals surface area contributed by atoms with Crippen molar-refractivity contribution in [3.8, 4) is 0 Å². The van der Waals surface area contributed by atoms with Gasteiger partial charge in [-0.15, -0.1) is 0 Å². The first-order chi connectivity index (χ1) is 16.5. The van der Waals surface area contributed by atoms with Crippen molar-refractivity contribution in [1.82, 2.24) is 4.98 Å². The van der Waals surface area contributed by atoms with Crippen LogP contribution >= 0.6 is 0 Å². The Morgan fingerprint density at radius 2 is 1.03 bits per heavy atom. The number of rotatable bonds is 8. The molecule has 0 aliphatic carbocycles. The molecule has 172 valence electrons. The van der Waals surface area contributed by atoms with E-state index >= 15 is 0 Å². The minimum atomic E-state index is -4.46. The summed E-state index contributed by atoms with van der Waals surface area (Å²) in [6, 6.07) is 21.8. The Balaban J connectivity index is 1.83. The fraction of sp³-hybridized carbons (Fsp3) is 0.111. The van der Waals surface area contributed by atoms with Crippen LogP contribution in [0.15, 0.2) is 97.3 Å². The molecule has 0 amide bonds. The van der Waals surface area contributed by atoms with Crippen molar-refractivity contribution in [3.63, 3.8) is 0 Å². The van der Waals surface area contributed by atoms with Crippen molar-refractivity contribution in [1.29, 1.82) is 0 Å². The van der Waals surface area contributed by atoms with E-state index in [0.717, 1.165) is 0 Å². The number of aromatic nitrogens is 1. The second kappa shape index (κ2) is 10.9. The van der Waals surface area contributed by atoms with Crippen molar-refractivity contribution in [2.45, 2.75) is 13.3 Å². The van der Waals surface area contributed by atoms with Gasteiger partial charge < -0.3 is 0 Å².